The van der Waals surface area contributed by atoms with Crippen molar-refractivity contribution in [2.75, 3.05) is 39.5 Å². The van der Waals surface area contributed by atoms with Crippen molar-refractivity contribution in [2.24, 2.45) is 11.8 Å². The number of Topliss-reactive ketones (excluding diaryl/α,β-unsaturated/α-hetero) is 1. The van der Waals surface area contributed by atoms with Gasteiger partial charge in [0.25, 0.3) is 5.91 Å². The number of hydrogen-bond acceptors (Lipinski definition) is 10. The SMILES string of the molecule is CC(=O)Oc1ccc(C[N+]2(CC(=O)N[C@@H](CCc3ccccc3)C(=O)N[C@@H](CC(C)C)C(=O)N[C@@H](Cc3ccccc3)C(=O)N[C@@H](CC(C)C)C(=O)[C@@]3(C)CO3)CCOCC2)cc1C=O. The summed E-state index contributed by atoms with van der Waals surface area (Å²) in [6.07, 6.45) is 2.06. The number of carbonyl (C=O) groups is 7. The van der Waals surface area contributed by atoms with E-state index in [4.69, 9.17) is 14.2 Å². The molecule has 350 valence electrons. The number of benzene rings is 3. The standard InChI is InChI=1S/C50H65N5O10/c1-33(2)25-41(46(59)50(6)32-64-50)52-49(62)43(28-37-15-11-8-12-16-37)54-48(61)42(26-34(3)4)53-47(60)40(19-17-36-13-9-7-10-14-36)51-45(58)30-55(21-23-63-24-22-55)29-38-18-20-44(65-35(5)57)39(27-38)31-56/h7-16,18,20,27,31,33-34,40-43H,17,19,21-26,28-30,32H2,1-6H3,(H3-,51,52,53,54,58,60,61,62)/p+1/t40-,41-,42-,43-,50+/m0/s1. The molecule has 2 fully saturated rings. The summed E-state index contributed by atoms with van der Waals surface area (Å²) in [5.74, 6) is -2.63. The van der Waals surface area contributed by atoms with E-state index in [1.165, 1.54) is 6.92 Å². The molecule has 3 aromatic rings. The summed E-state index contributed by atoms with van der Waals surface area (Å²) in [4.78, 5) is 94.2. The minimum Gasteiger partial charge on any atom is -0.426 e. The second-order valence-corrected chi connectivity index (χ2v) is 18.5. The summed E-state index contributed by atoms with van der Waals surface area (Å²) in [7, 11) is 0. The molecule has 65 heavy (non-hydrogen) atoms. The normalized spacial score (nSPS) is 18.3. The average molecular weight is 897 g/mol. The molecule has 0 unspecified atom stereocenters. The number of epoxide rings is 1. The first-order chi connectivity index (χ1) is 31.0. The summed E-state index contributed by atoms with van der Waals surface area (Å²) in [6.45, 7) is 13.1. The van der Waals surface area contributed by atoms with Crippen molar-refractivity contribution in [2.45, 2.75) is 110 Å². The Labute approximate surface area is 382 Å². The van der Waals surface area contributed by atoms with E-state index in [2.05, 4.69) is 21.3 Å². The molecule has 2 aliphatic rings. The van der Waals surface area contributed by atoms with Gasteiger partial charge < -0.3 is 40.0 Å². The van der Waals surface area contributed by atoms with Crippen molar-refractivity contribution in [1.82, 2.24) is 21.3 Å². The fraction of sp³-hybridized carbons (Fsp3) is 0.500. The smallest absolute Gasteiger partial charge is 0.308 e. The van der Waals surface area contributed by atoms with Crippen molar-refractivity contribution in [3.8, 4) is 5.75 Å². The maximum Gasteiger partial charge on any atom is 0.308 e. The van der Waals surface area contributed by atoms with Gasteiger partial charge in [-0.3, -0.25) is 33.6 Å². The van der Waals surface area contributed by atoms with Gasteiger partial charge in [0.2, 0.25) is 17.7 Å². The first-order valence-corrected chi connectivity index (χ1v) is 22.6. The number of morpholine rings is 1. The summed E-state index contributed by atoms with van der Waals surface area (Å²) in [5.41, 5.74) is 1.75. The lowest BCUT2D eigenvalue weighted by atomic mass is 9.93. The number of nitrogens with one attached hydrogen (secondary N) is 4. The van der Waals surface area contributed by atoms with Crippen molar-refractivity contribution in [1.29, 1.82) is 0 Å². The molecular formula is C50H66N5O10+. The van der Waals surface area contributed by atoms with E-state index in [9.17, 15) is 33.6 Å². The lowest BCUT2D eigenvalue weighted by Crippen LogP contribution is -2.61. The lowest BCUT2D eigenvalue weighted by molar-refractivity contribution is -0.940. The lowest BCUT2D eigenvalue weighted by Gasteiger charge is -2.41. The molecule has 2 heterocycles. The Kier molecular flexibility index (Phi) is 18.1. The number of nitrogens with zero attached hydrogens (tertiary/aromatic N) is 1. The monoisotopic (exact) mass is 896 g/mol. The number of carbonyl (C=O) groups excluding carboxylic acids is 7. The van der Waals surface area contributed by atoms with Gasteiger partial charge in [-0.05, 0) is 73.8 Å². The number of rotatable bonds is 24. The van der Waals surface area contributed by atoms with Crippen LogP contribution < -0.4 is 26.0 Å². The maximum atomic E-state index is 14.4. The van der Waals surface area contributed by atoms with E-state index < -0.39 is 53.5 Å². The highest BCUT2D eigenvalue weighted by molar-refractivity contribution is 5.99. The highest BCUT2D eigenvalue weighted by Gasteiger charge is 2.50. The van der Waals surface area contributed by atoms with Crippen LogP contribution in [0.1, 0.15) is 87.9 Å². The van der Waals surface area contributed by atoms with E-state index in [1.54, 1.807) is 25.1 Å². The van der Waals surface area contributed by atoms with Crippen molar-refractivity contribution < 1.29 is 52.3 Å². The first kappa shape index (κ1) is 50.2. The van der Waals surface area contributed by atoms with E-state index in [-0.39, 0.29) is 71.7 Å². The number of ketones is 1. The third kappa shape index (κ3) is 15.4. The van der Waals surface area contributed by atoms with Crippen molar-refractivity contribution in [3.05, 3.63) is 101 Å². The summed E-state index contributed by atoms with van der Waals surface area (Å²) < 4.78 is 16.6. The molecule has 4 amide bonds. The zero-order valence-electron chi connectivity index (χ0n) is 38.6. The number of amides is 4. The Morgan fingerprint density at radius 3 is 1.86 bits per heavy atom. The molecule has 2 aliphatic heterocycles. The van der Waals surface area contributed by atoms with Crippen molar-refractivity contribution in [3.63, 3.8) is 0 Å². The Balaban J connectivity index is 1.36. The van der Waals surface area contributed by atoms with Gasteiger partial charge in [-0.25, -0.2) is 0 Å². The second kappa shape index (κ2) is 23.4. The first-order valence-electron chi connectivity index (χ1n) is 22.6. The van der Waals surface area contributed by atoms with Crippen LogP contribution in [0.5, 0.6) is 5.75 Å². The largest absolute Gasteiger partial charge is 0.426 e. The van der Waals surface area contributed by atoms with Crippen LogP contribution in [-0.2, 0) is 57.6 Å². The van der Waals surface area contributed by atoms with Gasteiger partial charge in [0.1, 0.15) is 49.1 Å². The molecule has 0 radical (unpaired) electrons. The molecule has 0 aliphatic carbocycles. The third-order valence-electron chi connectivity index (χ3n) is 11.8. The quantitative estimate of drug-likeness (QED) is 0.0335. The van der Waals surface area contributed by atoms with Gasteiger partial charge in [-0.1, -0.05) is 88.4 Å². The summed E-state index contributed by atoms with van der Waals surface area (Å²) in [5, 5.41) is 11.8. The second-order valence-electron chi connectivity index (χ2n) is 18.5. The van der Waals surface area contributed by atoms with Gasteiger partial charge in [0, 0.05) is 18.9 Å². The Hall–Kier alpha value is -5.77. The number of hydrogen-bond donors (Lipinski definition) is 4. The molecule has 0 saturated carbocycles. The average Bonchev–Trinajstić information content (AvgIpc) is 4.02. The Morgan fingerprint density at radius 2 is 1.28 bits per heavy atom. The molecule has 0 bridgehead atoms. The third-order valence-corrected chi connectivity index (χ3v) is 11.8. The van der Waals surface area contributed by atoms with E-state index in [1.807, 2.05) is 88.4 Å². The van der Waals surface area contributed by atoms with E-state index in [0.29, 0.717) is 52.0 Å². The Bertz CT molecular complexity index is 2120. The number of ether oxygens (including phenoxy) is 3. The maximum absolute atomic E-state index is 14.4. The van der Waals surface area contributed by atoms with Crippen LogP contribution >= 0.6 is 0 Å². The number of quaternary nitrogens is 1. The summed E-state index contributed by atoms with van der Waals surface area (Å²) in [6, 6.07) is 19.8. The van der Waals surface area contributed by atoms with Crippen LogP contribution in [-0.4, -0.2) is 115 Å². The van der Waals surface area contributed by atoms with Gasteiger partial charge in [-0.2, -0.15) is 0 Å². The highest BCUT2D eigenvalue weighted by Crippen LogP contribution is 2.30. The topological polar surface area (TPSA) is 199 Å². The van der Waals surface area contributed by atoms with E-state index >= 15 is 0 Å². The fourth-order valence-electron chi connectivity index (χ4n) is 8.20. The molecule has 4 N–H and O–H groups in total. The minimum atomic E-state index is -1.09. The van der Waals surface area contributed by atoms with Crippen LogP contribution in [0.2, 0.25) is 0 Å². The molecule has 0 spiro atoms. The minimum absolute atomic E-state index is 0.00162. The molecule has 15 nitrogen and oxygen atoms in total. The van der Waals surface area contributed by atoms with Crippen molar-refractivity contribution >= 4 is 41.7 Å². The van der Waals surface area contributed by atoms with Crippen LogP contribution in [0.3, 0.4) is 0 Å². The van der Waals surface area contributed by atoms with Gasteiger partial charge in [0.05, 0.1) is 31.4 Å². The molecule has 15 heteroatoms. The molecule has 5 rings (SSSR count). The fourth-order valence-corrected chi connectivity index (χ4v) is 8.20. The number of aldehydes is 1. The predicted molar refractivity (Wildman–Crippen MR) is 243 cm³/mol. The summed E-state index contributed by atoms with van der Waals surface area (Å²) >= 11 is 0. The van der Waals surface area contributed by atoms with E-state index in [0.717, 1.165) is 16.7 Å². The van der Waals surface area contributed by atoms with Crippen LogP contribution in [0, 0.1) is 11.8 Å². The number of esters is 1. The zero-order valence-corrected chi connectivity index (χ0v) is 38.6. The highest BCUT2D eigenvalue weighted by atomic mass is 16.6. The molecule has 2 saturated heterocycles. The van der Waals surface area contributed by atoms with Gasteiger partial charge >= 0.3 is 5.97 Å². The molecular weight excluding hydrogens is 831 g/mol. The molecule has 3 aromatic carbocycles. The van der Waals surface area contributed by atoms with Crippen LogP contribution in [0.4, 0.5) is 0 Å². The van der Waals surface area contributed by atoms with Gasteiger partial charge in [-0.15, -0.1) is 0 Å². The van der Waals surface area contributed by atoms with Crippen LogP contribution in [0.25, 0.3) is 0 Å². The number of aryl methyl sites for hydroxylation is 1. The zero-order chi connectivity index (χ0) is 47.1. The van der Waals surface area contributed by atoms with Gasteiger partial charge in [0.15, 0.2) is 18.6 Å². The Morgan fingerprint density at radius 1 is 0.723 bits per heavy atom. The van der Waals surface area contributed by atoms with Crippen LogP contribution in [0.15, 0.2) is 78.9 Å². The molecule has 5 atom stereocenters. The predicted octanol–water partition coefficient (Wildman–Crippen LogP) is 4.04. The molecule has 0 aromatic heterocycles.